The maximum atomic E-state index is 13.8. The smallest absolute Gasteiger partial charge is 0.253 e. The lowest BCUT2D eigenvalue weighted by atomic mass is 9.95. The number of pyridine rings is 1. The predicted octanol–water partition coefficient (Wildman–Crippen LogP) is 5.72. The first-order chi connectivity index (χ1) is 19.6. The maximum Gasteiger partial charge on any atom is 0.253 e. The zero-order chi connectivity index (χ0) is 27.5. The van der Waals surface area contributed by atoms with Crippen LogP contribution in [0, 0.1) is 6.92 Å². The van der Waals surface area contributed by atoms with Gasteiger partial charge in [-0.15, -0.1) is 5.10 Å². The maximum absolute atomic E-state index is 13.8. The number of nitrogens with one attached hydrogen (secondary N) is 1. The Bertz CT molecular complexity index is 1630. The van der Waals surface area contributed by atoms with Crippen LogP contribution >= 0.6 is 0 Å². The molecule has 0 spiro atoms. The Hall–Kier alpha value is -4.24. The normalized spacial score (nSPS) is 15.1. The van der Waals surface area contributed by atoms with E-state index in [1.807, 2.05) is 60.1 Å². The quantitative estimate of drug-likeness (QED) is 0.256. The van der Waals surface area contributed by atoms with Gasteiger partial charge in [0.05, 0.1) is 26.0 Å². The average molecular weight is 539 g/mol. The number of hydrogen-bond acceptors (Lipinski definition) is 7. The van der Waals surface area contributed by atoms with E-state index in [4.69, 9.17) is 9.15 Å². The number of ether oxygens (including phenoxy) is 1. The minimum absolute atomic E-state index is 0.156. The molecule has 5 aromatic rings. The van der Waals surface area contributed by atoms with Gasteiger partial charge in [0.25, 0.3) is 5.56 Å². The molecule has 3 heterocycles. The van der Waals surface area contributed by atoms with Gasteiger partial charge in [0.2, 0.25) is 0 Å². The summed E-state index contributed by atoms with van der Waals surface area (Å²) < 4.78 is 13.3. The number of aromatic nitrogens is 5. The highest BCUT2D eigenvalue weighted by molar-refractivity contribution is 5.79. The zero-order valence-corrected chi connectivity index (χ0v) is 22.9. The SMILES string of the molecule is COc1cccc(CN(Cc2ccco2)C(c2cc3ccc(C)cc3[nH]c2=O)c2nnnn2C2CCCCC2)c1. The lowest BCUT2D eigenvalue weighted by Gasteiger charge is -2.32. The summed E-state index contributed by atoms with van der Waals surface area (Å²) >= 11 is 0. The summed E-state index contributed by atoms with van der Waals surface area (Å²) in [6, 6.07) is 19.6. The van der Waals surface area contributed by atoms with Crippen LogP contribution < -0.4 is 10.3 Å². The zero-order valence-electron chi connectivity index (χ0n) is 22.9. The standard InChI is InChI=1S/C31H34N6O3/c1-21-13-14-23-18-27(31(38)32-28(23)16-21)29(30-33-34-35-37(30)24-9-4-3-5-10-24)36(20-26-12-7-15-40-26)19-22-8-6-11-25(17-22)39-2/h6-8,11-18,24,29H,3-5,9-10,19-20H2,1-2H3,(H,32,38). The summed E-state index contributed by atoms with van der Waals surface area (Å²) in [4.78, 5) is 19.2. The van der Waals surface area contributed by atoms with E-state index in [1.54, 1.807) is 13.4 Å². The van der Waals surface area contributed by atoms with Crippen molar-refractivity contribution in [3.05, 3.63) is 106 Å². The van der Waals surface area contributed by atoms with Gasteiger partial charge in [0, 0.05) is 17.6 Å². The van der Waals surface area contributed by atoms with Crippen LogP contribution in [0.5, 0.6) is 5.75 Å². The van der Waals surface area contributed by atoms with E-state index < -0.39 is 6.04 Å². The summed E-state index contributed by atoms with van der Waals surface area (Å²) in [7, 11) is 1.66. The Morgan fingerprint density at radius 2 is 1.95 bits per heavy atom. The van der Waals surface area contributed by atoms with Gasteiger partial charge in [-0.25, -0.2) is 4.68 Å². The monoisotopic (exact) mass is 538 g/mol. The first kappa shape index (κ1) is 26.0. The lowest BCUT2D eigenvalue weighted by Crippen LogP contribution is -2.35. The van der Waals surface area contributed by atoms with Crippen molar-refractivity contribution in [2.24, 2.45) is 0 Å². The summed E-state index contributed by atoms with van der Waals surface area (Å²) in [5.74, 6) is 2.23. The molecular formula is C31H34N6O3. The van der Waals surface area contributed by atoms with Gasteiger partial charge in [-0.1, -0.05) is 43.5 Å². The fraction of sp³-hybridized carbons (Fsp3) is 0.355. The molecule has 1 aliphatic carbocycles. The molecule has 1 aliphatic rings. The van der Waals surface area contributed by atoms with Crippen molar-refractivity contribution < 1.29 is 9.15 Å². The molecule has 1 N–H and O–H groups in total. The number of aromatic amines is 1. The molecule has 9 nitrogen and oxygen atoms in total. The van der Waals surface area contributed by atoms with Gasteiger partial charge in [-0.05, 0) is 83.1 Å². The van der Waals surface area contributed by atoms with E-state index in [2.05, 4.69) is 37.5 Å². The summed E-state index contributed by atoms with van der Waals surface area (Å²) in [5, 5.41) is 14.2. The molecule has 40 heavy (non-hydrogen) atoms. The van der Waals surface area contributed by atoms with Crippen molar-refractivity contribution in [1.29, 1.82) is 0 Å². The third kappa shape index (κ3) is 5.42. The molecule has 1 fully saturated rings. The number of benzene rings is 2. The number of tetrazole rings is 1. The highest BCUT2D eigenvalue weighted by atomic mass is 16.5. The molecule has 6 rings (SSSR count). The second kappa shape index (κ2) is 11.5. The minimum Gasteiger partial charge on any atom is -0.497 e. The van der Waals surface area contributed by atoms with Crippen molar-refractivity contribution in [3.8, 4) is 5.75 Å². The molecule has 1 unspecified atom stereocenters. The van der Waals surface area contributed by atoms with Crippen LogP contribution in [0.15, 0.2) is 76.1 Å². The highest BCUT2D eigenvalue weighted by Crippen LogP contribution is 2.35. The molecule has 9 heteroatoms. The van der Waals surface area contributed by atoms with E-state index in [0.29, 0.717) is 24.5 Å². The van der Waals surface area contributed by atoms with Gasteiger partial charge in [0.15, 0.2) is 5.82 Å². The molecule has 0 aliphatic heterocycles. The van der Waals surface area contributed by atoms with Gasteiger partial charge >= 0.3 is 0 Å². The first-order valence-corrected chi connectivity index (χ1v) is 13.9. The molecule has 0 radical (unpaired) electrons. The van der Waals surface area contributed by atoms with Crippen LogP contribution in [-0.4, -0.2) is 37.2 Å². The van der Waals surface area contributed by atoms with Crippen molar-refractivity contribution in [2.45, 2.75) is 64.2 Å². The third-order valence-corrected chi connectivity index (χ3v) is 7.83. The minimum atomic E-state index is -0.525. The number of fused-ring (bicyclic) bond motifs is 1. The Morgan fingerprint density at radius 1 is 1.07 bits per heavy atom. The number of nitrogens with zero attached hydrogens (tertiary/aromatic N) is 5. The second-order valence-electron chi connectivity index (χ2n) is 10.7. The number of furan rings is 1. The molecule has 3 aromatic heterocycles. The van der Waals surface area contributed by atoms with Crippen molar-refractivity contribution in [1.82, 2.24) is 30.1 Å². The highest BCUT2D eigenvalue weighted by Gasteiger charge is 2.33. The molecule has 1 atom stereocenters. The average Bonchev–Trinajstić information content (AvgIpc) is 3.67. The topological polar surface area (TPSA) is 102 Å². The molecule has 0 saturated heterocycles. The van der Waals surface area contributed by atoms with E-state index >= 15 is 0 Å². The van der Waals surface area contributed by atoms with Crippen LogP contribution in [0.1, 0.15) is 72.5 Å². The summed E-state index contributed by atoms with van der Waals surface area (Å²) in [6.07, 6.45) is 7.22. The van der Waals surface area contributed by atoms with Crippen LogP contribution in [0.3, 0.4) is 0 Å². The molecule has 0 amide bonds. The van der Waals surface area contributed by atoms with E-state index in [1.165, 1.54) is 6.42 Å². The molecule has 2 aromatic carbocycles. The largest absolute Gasteiger partial charge is 0.497 e. The molecule has 206 valence electrons. The number of rotatable bonds is 9. The number of hydrogen-bond donors (Lipinski definition) is 1. The van der Waals surface area contributed by atoms with Gasteiger partial charge < -0.3 is 14.1 Å². The Morgan fingerprint density at radius 3 is 2.75 bits per heavy atom. The van der Waals surface area contributed by atoms with Crippen molar-refractivity contribution >= 4 is 10.9 Å². The third-order valence-electron chi connectivity index (χ3n) is 7.83. The van der Waals surface area contributed by atoms with Crippen LogP contribution in [-0.2, 0) is 13.1 Å². The molecular weight excluding hydrogens is 504 g/mol. The van der Waals surface area contributed by atoms with Crippen molar-refractivity contribution in [2.75, 3.05) is 7.11 Å². The second-order valence-corrected chi connectivity index (χ2v) is 10.7. The van der Waals surface area contributed by atoms with Gasteiger partial charge in [-0.2, -0.15) is 0 Å². The number of methoxy groups -OCH3 is 1. The predicted molar refractivity (Wildman–Crippen MR) is 152 cm³/mol. The van der Waals surface area contributed by atoms with Gasteiger partial charge in [-0.3, -0.25) is 9.69 Å². The Labute approximate surface area is 232 Å². The van der Waals surface area contributed by atoms with Gasteiger partial charge in [0.1, 0.15) is 17.6 Å². The molecule has 0 bridgehead atoms. The first-order valence-electron chi connectivity index (χ1n) is 13.9. The summed E-state index contributed by atoms with van der Waals surface area (Å²) in [5.41, 5.74) is 3.38. The lowest BCUT2D eigenvalue weighted by molar-refractivity contribution is 0.173. The summed E-state index contributed by atoms with van der Waals surface area (Å²) in [6.45, 7) is 3.00. The fourth-order valence-electron chi connectivity index (χ4n) is 5.85. The number of aryl methyl sites for hydroxylation is 1. The fourth-order valence-corrected chi connectivity index (χ4v) is 5.85. The Balaban J connectivity index is 1.52. The number of H-pyrrole nitrogens is 1. The van der Waals surface area contributed by atoms with Crippen molar-refractivity contribution in [3.63, 3.8) is 0 Å². The van der Waals surface area contributed by atoms with E-state index in [-0.39, 0.29) is 11.6 Å². The molecule has 1 saturated carbocycles. The Kier molecular flexibility index (Phi) is 7.46. The van der Waals surface area contributed by atoms with Crippen LogP contribution in [0.2, 0.25) is 0 Å². The van der Waals surface area contributed by atoms with E-state index in [0.717, 1.165) is 59.2 Å². The van der Waals surface area contributed by atoms with Crippen LogP contribution in [0.4, 0.5) is 0 Å². The van der Waals surface area contributed by atoms with E-state index in [9.17, 15) is 4.79 Å². The van der Waals surface area contributed by atoms with Crippen LogP contribution in [0.25, 0.3) is 10.9 Å².